The lowest BCUT2D eigenvalue weighted by Crippen LogP contribution is -2.37. The summed E-state index contributed by atoms with van der Waals surface area (Å²) < 4.78 is 1.94. The summed E-state index contributed by atoms with van der Waals surface area (Å²) in [5.41, 5.74) is 2.97. The van der Waals surface area contributed by atoms with Crippen LogP contribution in [0, 0.1) is 13.8 Å². The maximum absolute atomic E-state index is 12.2. The van der Waals surface area contributed by atoms with E-state index in [4.69, 9.17) is 0 Å². The number of nitrogens with zero attached hydrogens (tertiary/aromatic N) is 3. The van der Waals surface area contributed by atoms with Gasteiger partial charge >= 0.3 is 5.69 Å². The third kappa shape index (κ3) is 2.84. The first-order valence-electron chi connectivity index (χ1n) is 8.68. The molecule has 25 heavy (non-hydrogen) atoms. The van der Waals surface area contributed by atoms with E-state index in [1.807, 2.05) is 30.5 Å². The Kier molecular flexibility index (Phi) is 3.88. The van der Waals surface area contributed by atoms with E-state index in [1.54, 1.807) is 0 Å². The molecule has 130 valence electrons. The van der Waals surface area contributed by atoms with E-state index < -0.39 is 11.2 Å². The summed E-state index contributed by atoms with van der Waals surface area (Å²) in [6, 6.07) is 4.61. The SMILES string of the molecule is Cc1cc2nc3c(=O)[nH]c(=O)nc-3n(CCNC3CCC3)c2cc1C. The molecule has 1 aromatic carbocycles. The van der Waals surface area contributed by atoms with Crippen molar-refractivity contribution in [2.45, 2.75) is 45.7 Å². The van der Waals surface area contributed by atoms with E-state index in [0.717, 1.165) is 28.7 Å². The van der Waals surface area contributed by atoms with Crippen LogP contribution in [0.1, 0.15) is 30.4 Å². The monoisotopic (exact) mass is 339 g/mol. The molecule has 2 aliphatic heterocycles. The van der Waals surface area contributed by atoms with Crippen molar-refractivity contribution in [3.8, 4) is 11.5 Å². The lowest BCUT2D eigenvalue weighted by molar-refractivity contribution is 0.335. The number of H-pyrrole nitrogens is 1. The predicted molar refractivity (Wildman–Crippen MR) is 96.2 cm³/mol. The molecule has 0 atom stereocenters. The average molecular weight is 339 g/mol. The Morgan fingerprint density at radius 3 is 2.68 bits per heavy atom. The van der Waals surface area contributed by atoms with Gasteiger partial charge in [0.2, 0.25) is 0 Å². The smallest absolute Gasteiger partial charge is 0.321 e. The third-order valence-corrected chi connectivity index (χ3v) is 5.10. The zero-order valence-electron chi connectivity index (χ0n) is 14.4. The fourth-order valence-electron chi connectivity index (χ4n) is 3.27. The number of aromatic nitrogens is 4. The van der Waals surface area contributed by atoms with Crippen molar-refractivity contribution in [2.75, 3.05) is 6.54 Å². The molecule has 4 rings (SSSR count). The first-order chi connectivity index (χ1) is 12.0. The number of hydrogen-bond acceptors (Lipinski definition) is 5. The number of benzene rings is 1. The second kappa shape index (κ2) is 6.07. The summed E-state index contributed by atoms with van der Waals surface area (Å²) >= 11 is 0. The molecule has 1 saturated carbocycles. The van der Waals surface area contributed by atoms with Crippen LogP contribution in [0.3, 0.4) is 0 Å². The molecule has 0 radical (unpaired) electrons. The van der Waals surface area contributed by atoms with Crippen LogP contribution in [-0.2, 0) is 6.54 Å². The van der Waals surface area contributed by atoms with Gasteiger partial charge in [0.25, 0.3) is 5.56 Å². The van der Waals surface area contributed by atoms with Crippen LogP contribution in [-0.4, -0.2) is 32.1 Å². The second-order valence-electron chi connectivity index (χ2n) is 6.81. The van der Waals surface area contributed by atoms with Crippen molar-refractivity contribution in [1.82, 2.24) is 24.8 Å². The Balaban J connectivity index is 1.88. The molecule has 0 unspecified atom stereocenters. The number of hydrogen-bond donors (Lipinski definition) is 2. The molecule has 2 N–H and O–H groups in total. The summed E-state index contributed by atoms with van der Waals surface area (Å²) in [5, 5.41) is 3.52. The Morgan fingerprint density at radius 2 is 1.96 bits per heavy atom. The molecule has 0 spiro atoms. The third-order valence-electron chi connectivity index (χ3n) is 5.10. The van der Waals surface area contributed by atoms with Crippen LogP contribution in [0.2, 0.25) is 0 Å². The summed E-state index contributed by atoms with van der Waals surface area (Å²) in [6.07, 6.45) is 3.70. The maximum atomic E-state index is 12.2. The highest BCUT2D eigenvalue weighted by atomic mass is 16.2. The van der Waals surface area contributed by atoms with Gasteiger partial charge in [0.05, 0.1) is 11.0 Å². The molecular weight excluding hydrogens is 318 g/mol. The predicted octanol–water partition coefficient (Wildman–Crippen LogP) is 1.34. The molecular formula is C18H21N5O2. The standard InChI is InChI=1S/C18H21N5O2/c1-10-8-13-14(9-11(10)2)23(7-6-19-12-4-3-5-12)16-15(20-13)17(24)22-18(25)21-16/h8-9,12,19H,3-7H2,1-2H3,(H,22,24,25). The topological polar surface area (TPSA) is 92.7 Å². The van der Waals surface area contributed by atoms with E-state index in [0.29, 0.717) is 18.4 Å². The molecule has 7 nitrogen and oxygen atoms in total. The van der Waals surface area contributed by atoms with E-state index in [9.17, 15) is 9.59 Å². The molecule has 0 amide bonds. The minimum atomic E-state index is -0.636. The summed E-state index contributed by atoms with van der Waals surface area (Å²) in [7, 11) is 0. The first kappa shape index (κ1) is 16.0. The van der Waals surface area contributed by atoms with Gasteiger partial charge in [0.15, 0.2) is 11.5 Å². The van der Waals surface area contributed by atoms with E-state index >= 15 is 0 Å². The molecule has 7 heteroatoms. The van der Waals surface area contributed by atoms with Gasteiger partial charge in [-0.25, -0.2) is 9.78 Å². The molecule has 2 heterocycles. The van der Waals surface area contributed by atoms with Crippen LogP contribution in [0.25, 0.3) is 22.6 Å². The Bertz CT molecular complexity index is 1030. The van der Waals surface area contributed by atoms with Crippen molar-refractivity contribution in [2.24, 2.45) is 0 Å². The van der Waals surface area contributed by atoms with E-state index in [1.165, 1.54) is 19.3 Å². The summed E-state index contributed by atoms with van der Waals surface area (Å²) in [4.78, 5) is 34.6. The van der Waals surface area contributed by atoms with Gasteiger partial charge in [-0.05, 0) is 49.9 Å². The maximum Gasteiger partial charge on any atom is 0.349 e. The van der Waals surface area contributed by atoms with Crippen molar-refractivity contribution in [3.63, 3.8) is 0 Å². The highest BCUT2D eigenvalue weighted by Gasteiger charge is 2.20. The van der Waals surface area contributed by atoms with Crippen molar-refractivity contribution < 1.29 is 0 Å². The first-order valence-corrected chi connectivity index (χ1v) is 8.68. The fourth-order valence-corrected chi connectivity index (χ4v) is 3.27. The average Bonchev–Trinajstić information content (AvgIpc) is 2.51. The van der Waals surface area contributed by atoms with Gasteiger partial charge in [0.1, 0.15) is 0 Å². The van der Waals surface area contributed by atoms with Crippen LogP contribution in [0.4, 0.5) is 0 Å². The van der Waals surface area contributed by atoms with Crippen molar-refractivity contribution in [1.29, 1.82) is 0 Å². The number of fused-ring (bicyclic) bond motifs is 2. The van der Waals surface area contributed by atoms with Crippen LogP contribution in [0.15, 0.2) is 21.7 Å². The van der Waals surface area contributed by atoms with Crippen molar-refractivity contribution in [3.05, 3.63) is 44.1 Å². The van der Waals surface area contributed by atoms with Gasteiger partial charge in [-0.1, -0.05) is 6.42 Å². The Morgan fingerprint density at radius 1 is 1.20 bits per heavy atom. The fraction of sp³-hybridized carbons (Fsp3) is 0.444. The Hall–Kier alpha value is -2.54. The normalized spacial score (nSPS) is 15.0. The molecule has 0 bridgehead atoms. The number of rotatable bonds is 4. The highest BCUT2D eigenvalue weighted by molar-refractivity contribution is 5.81. The Labute approximate surface area is 144 Å². The van der Waals surface area contributed by atoms with Gasteiger partial charge < -0.3 is 9.88 Å². The number of aryl methyl sites for hydroxylation is 2. The largest absolute Gasteiger partial charge is 0.349 e. The second-order valence-corrected chi connectivity index (χ2v) is 6.81. The van der Waals surface area contributed by atoms with Gasteiger partial charge in [0, 0.05) is 19.1 Å². The van der Waals surface area contributed by atoms with Crippen LogP contribution in [0.5, 0.6) is 0 Å². The number of aromatic amines is 1. The lowest BCUT2D eigenvalue weighted by atomic mass is 9.93. The summed E-state index contributed by atoms with van der Waals surface area (Å²) in [5.74, 6) is 0.347. The summed E-state index contributed by atoms with van der Waals surface area (Å²) in [6.45, 7) is 5.45. The van der Waals surface area contributed by atoms with E-state index in [2.05, 4.69) is 20.3 Å². The minimum absolute atomic E-state index is 0.207. The quantitative estimate of drug-likeness (QED) is 0.700. The molecule has 3 aliphatic rings. The highest BCUT2D eigenvalue weighted by Crippen LogP contribution is 2.24. The molecule has 1 aliphatic carbocycles. The van der Waals surface area contributed by atoms with Gasteiger partial charge in [-0.2, -0.15) is 4.98 Å². The molecule has 1 fully saturated rings. The molecule has 0 saturated heterocycles. The van der Waals surface area contributed by atoms with Crippen LogP contribution >= 0.6 is 0 Å². The van der Waals surface area contributed by atoms with Gasteiger partial charge in [-0.15, -0.1) is 0 Å². The van der Waals surface area contributed by atoms with Crippen LogP contribution < -0.4 is 16.6 Å². The molecule has 0 aromatic heterocycles. The minimum Gasteiger partial charge on any atom is -0.321 e. The zero-order valence-corrected chi connectivity index (χ0v) is 14.4. The lowest BCUT2D eigenvalue weighted by Gasteiger charge is -2.27. The van der Waals surface area contributed by atoms with Gasteiger partial charge in [-0.3, -0.25) is 9.78 Å². The number of nitrogens with one attached hydrogen (secondary N) is 2. The van der Waals surface area contributed by atoms with E-state index in [-0.39, 0.29) is 5.69 Å². The zero-order chi connectivity index (χ0) is 17.6. The molecule has 1 aromatic rings. The van der Waals surface area contributed by atoms with Crippen molar-refractivity contribution >= 4 is 11.0 Å².